The second kappa shape index (κ2) is 9.69. The molecule has 0 radical (unpaired) electrons. The smallest absolute Gasteiger partial charge is 0.0594 e. The Bertz CT molecular complexity index is 325. The standard InChI is InChI=1S/C19H35NO2/c1-3-21-15-9-5-4-7-11-19(12-8-6-10-18(19)2)20-13-16-22-17-14-20/h4,7,18H,3,5-6,8-17H2,1-2H3. The Morgan fingerprint density at radius 1 is 1.23 bits per heavy atom. The maximum Gasteiger partial charge on any atom is 0.0594 e. The Morgan fingerprint density at radius 2 is 2.05 bits per heavy atom. The lowest BCUT2D eigenvalue weighted by Crippen LogP contribution is -2.57. The van der Waals surface area contributed by atoms with Gasteiger partial charge in [-0.05, 0) is 44.9 Å². The predicted octanol–water partition coefficient (Wildman–Crippen LogP) is 4.03. The topological polar surface area (TPSA) is 21.7 Å². The monoisotopic (exact) mass is 309 g/mol. The summed E-state index contributed by atoms with van der Waals surface area (Å²) in [6, 6.07) is 0. The van der Waals surface area contributed by atoms with E-state index in [2.05, 4.69) is 30.9 Å². The second-order valence-electron chi connectivity index (χ2n) is 6.86. The highest BCUT2D eigenvalue weighted by atomic mass is 16.5. The first-order valence-electron chi connectivity index (χ1n) is 9.35. The van der Waals surface area contributed by atoms with Crippen LogP contribution in [0.2, 0.25) is 0 Å². The van der Waals surface area contributed by atoms with Gasteiger partial charge in [0, 0.05) is 31.8 Å². The van der Waals surface area contributed by atoms with Crippen LogP contribution in [0.25, 0.3) is 0 Å². The van der Waals surface area contributed by atoms with E-state index in [0.29, 0.717) is 5.54 Å². The molecule has 2 atom stereocenters. The SMILES string of the molecule is CCOCCCC=CCC1(N2CCOCC2)CCCCC1C. The molecule has 3 heteroatoms. The molecule has 1 aliphatic heterocycles. The van der Waals surface area contributed by atoms with Crippen LogP contribution in [0.4, 0.5) is 0 Å². The fourth-order valence-electron chi connectivity index (χ4n) is 4.16. The van der Waals surface area contributed by atoms with Crippen molar-refractivity contribution in [2.75, 3.05) is 39.5 Å². The van der Waals surface area contributed by atoms with Crippen molar-refractivity contribution in [3.05, 3.63) is 12.2 Å². The molecule has 0 amide bonds. The minimum absolute atomic E-state index is 0.387. The van der Waals surface area contributed by atoms with Crippen LogP contribution in [0.1, 0.15) is 58.8 Å². The molecule has 1 saturated heterocycles. The Balaban J connectivity index is 1.88. The average molecular weight is 309 g/mol. The Morgan fingerprint density at radius 3 is 2.77 bits per heavy atom. The molecule has 0 spiro atoms. The van der Waals surface area contributed by atoms with Crippen LogP contribution in [0.5, 0.6) is 0 Å². The van der Waals surface area contributed by atoms with Crippen molar-refractivity contribution in [3.63, 3.8) is 0 Å². The van der Waals surface area contributed by atoms with Gasteiger partial charge in [0.05, 0.1) is 13.2 Å². The van der Waals surface area contributed by atoms with Crippen molar-refractivity contribution >= 4 is 0 Å². The molecule has 0 aromatic carbocycles. The molecular weight excluding hydrogens is 274 g/mol. The highest BCUT2D eigenvalue weighted by molar-refractivity contribution is 5.03. The minimum atomic E-state index is 0.387. The van der Waals surface area contributed by atoms with Gasteiger partial charge in [0.25, 0.3) is 0 Å². The van der Waals surface area contributed by atoms with Crippen LogP contribution >= 0.6 is 0 Å². The normalized spacial score (nSPS) is 30.9. The van der Waals surface area contributed by atoms with Gasteiger partial charge in [-0.25, -0.2) is 0 Å². The molecule has 2 aliphatic rings. The number of nitrogens with zero attached hydrogens (tertiary/aromatic N) is 1. The quantitative estimate of drug-likeness (QED) is 0.499. The summed E-state index contributed by atoms with van der Waals surface area (Å²) < 4.78 is 11.0. The first-order valence-corrected chi connectivity index (χ1v) is 9.35. The van der Waals surface area contributed by atoms with Crippen molar-refractivity contribution in [1.29, 1.82) is 0 Å². The first kappa shape index (κ1) is 18.0. The van der Waals surface area contributed by atoms with E-state index in [1.165, 1.54) is 32.1 Å². The molecular formula is C19H35NO2. The van der Waals surface area contributed by atoms with Crippen molar-refractivity contribution in [3.8, 4) is 0 Å². The highest BCUT2D eigenvalue weighted by Crippen LogP contribution is 2.41. The van der Waals surface area contributed by atoms with Gasteiger partial charge in [-0.3, -0.25) is 4.90 Å². The number of morpholine rings is 1. The highest BCUT2D eigenvalue weighted by Gasteiger charge is 2.42. The zero-order valence-corrected chi connectivity index (χ0v) is 14.7. The van der Waals surface area contributed by atoms with E-state index in [9.17, 15) is 0 Å². The van der Waals surface area contributed by atoms with Crippen LogP contribution in [-0.4, -0.2) is 50.0 Å². The molecule has 0 bridgehead atoms. The average Bonchev–Trinajstić information content (AvgIpc) is 2.56. The lowest BCUT2D eigenvalue weighted by atomic mass is 9.70. The van der Waals surface area contributed by atoms with Crippen LogP contribution in [0.15, 0.2) is 12.2 Å². The van der Waals surface area contributed by atoms with Gasteiger partial charge in [-0.15, -0.1) is 0 Å². The van der Waals surface area contributed by atoms with E-state index in [0.717, 1.165) is 58.3 Å². The number of hydrogen-bond acceptors (Lipinski definition) is 3. The van der Waals surface area contributed by atoms with Crippen LogP contribution in [-0.2, 0) is 9.47 Å². The molecule has 0 aromatic heterocycles. The van der Waals surface area contributed by atoms with E-state index >= 15 is 0 Å². The molecule has 1 heterocycles. The van der Waals surface area contributed by atoms with Crippen LogP contribution in [0, 0.1) is 5.92 Å². The van der Waals surface area contributed by atoms with E-state index in [1.807, 2.05) is 0 Å². The fourth-order valence-corrected chi connectivity index (χ4v) is 4.16. The zero-order valence-electron chi connectivity index (χ0n) is 14.7. The number of hydrogen-bond donors (Lipinski definition) is 0. The predicted molar refractivity (Wildman–Crippen MR) is 92.2 cm³/mol. The molecule has 1 saturated carbocycles. The van der Waals surface area contributed by atoms with Gasteiger partial charge in [0.15, 0.2) is 0 Å². The van der Waals surface area contributed by atoms with Crippen LogP contribution < -0.4 is 0 Å². The van der Waals surface area contributed by atoms with Gasteiger partial charge in [-0.1, -0.05) is 31.9 Å². The third kappa shape index (κ3) is 4.81. The lowest BCUT2D eigenvalue weighted by Gasteiger charge is -2.51. The zero-order chi connectivity index (χ0) is 15.7. The molecule has 0 aromatic rings. The maximum absolute atomic E-state index is 5.58. The summed E-state index contributed by atoms with van der Waals surface area (Å²) >= 11 is 0. The van der Waals surface area contributed by atoms with Crippen molar-refractivity contribution in [2.45, 2.75) is 64.3 Å². The van der Waals surface area contributed by atoms with E-state index in [1.54, 1.807) is 0 Å². The summed E-state index contributed by atoms with van der Waals surface area (Å²) in [5, 5.41) is 0. The number of ether oxygens (including phenoxy) is 2. The summed E-state index contributed by atoms with van der Waals surface area (Å²) in [5.41, 5.74) is 0.387. The molecule has 22 heavy (non-hydrogen) atoms. The molecule has 1 aliphatic carbocycles. The second-order valence-corrected chi connectivity index (χ2v) is 6.86. The number of rotatable bonds is 8. The maximum atomic E-state index is 5.58. The lowest BCUT2D eigenvalue weighted by molar-refractivity contribution is -0.0583. The molecule has 2 rings (SSSR count). The fraction of sp³-hybridized carbons (Fsp3) is 0.895. The summed E-state index contributed by atoms with van der Waals surface area (Å²) in [7, 11) is 0. The van der Waals surface area contributed by atoms with Crippen molar-refractivity contribution in [2.24, 2.45) is 5.92 Å². The van der Waals surface area contributed by atoms with E-state index in [-0.39, 0.29) is 0 Å². The van der Waals surface area contributed by atoms with Gasteiger partial charge in [0.1, 0.15) is 0 Å². The number of allylic oxidation sites excluding steroid dienone is 1. The Kier molecular flexibility index (Phi) is 7.91. The van der Waals surface area contributed by atoms with Gasteiger partial charge in [0.2, 0.25) is 0 Å². The molecule has 128 valence electrons. The summed E-state index contributed by atoms with van der Waals surface area (Å²) in [6.07, 6.45) is 13.9. The molecule has 0 N–H and O–H groups in total. The third-order valence-electron chi connectivity index (χ3n) is 5.56. The van der Waals surface area contributed by atoms with Crippen molar-refractivity contribution < 1.29 is 9.47 Å². The third-order valence-corrected chi connectivity index (χ3v) is 5.56. The van der Waals surface area contributed by atoms with Crippen LogP contribution in [0.3, 0.4) is 0 Å². The molecule has 2 unspecified atom stereocenters. The minimum Gasteiger partial charge on any atom is -0.382 e. The van der Waals surface area contributed by atoms with Crippen molar-refractivity contribution in [1.82, 2.24) is 4.90 Å². The summed E-state index contributed by atoms with van der Waals surface area (Å²) in [5.74, 6) is 0.799. The largest absolute Gasteiger partial charge is 0.382 e. The Hall–Kier alpha value is -0.380. The Labute approximate surface area is 137 Å². The van der Waals surface area contributed by atoms with E-state index in [4.69, 9.17) is 9.47 Å². The summed E-state index contributed by atoms with van der Waals surface area (Å²) in [6.45, 7) is 10.3. The molecule has 2 fully saturated rings. The molecule has 3 nitrogen and oxygen atoms in total. The number of unbranched alkanes of at least 4 members (excludes halogenated alkanes) is 1. The van der Waals surface area contributed by atoms with E-state index < -0.39 is 0 Å². The van der Waals surface area contributed by atoms with Gasteiger partial charge >= 0.3 is 0 Å². The first-order chi connectivity index (χ1) is 10.8. The summed E-state index contributed by atoms with van der Waals surface area (Å²) in [4.78, 5) is 2.74. The van der Waals surface area contributed by atoms with Gasteiger partial charge in [-0.2, -0.15) is 0 Å². The van der Waals surface area contributed by atoms with Gasteiger partial charge < -0.3 is 9.47 Å².